The van der Waals surface area contributed by atoms with Crippen LogP contribution in [0.4, 0.5) is 0 Å². The second kappa shape index (κ2) is 7.59. The number of rotatable bonds is 5. The minimum Gasteiger partial charge on any atom is -0.507 e. The maximum Gasteiger partial charge on any atom is 0.161 e. The molecule has 0 aliphatic rings. The number of hydrogen-bond donors (Lipinski definition) is 3. The summed E-state index contributed by atoms with van der Waals surface area (Å²) in [6.07, 6.45) is 6.02. The van der Waals surface area contributed by atoms with Crippen molar-refractivity contribution in [2.24, 2.45) is 0 Å². The number of hydrogen-bond acceptors (Lipinski definition) is 4. The zero-order valence-electron chi connectivity index (χ0n) is 14.1. The Kier molecular flexibility index (Phi) is 5.53. The molecule has 0 atom stereocenters. The molecule has 2 aromatic rings. The van der Waals surface area contributed by atoms with Gasteiger partial charge in [-0.15, -0.1) is 0 Å². The molecule has 0 saturated carbocycles. The summed E-state index contributed by atoms with van der Waals surface area (Å²) in [5.74, 6) is 0.597. The molecule has 0 saturated heterocycles. The van der Waals surface area contributed by atoms with Crippen LogP contribution in [0.1, 0.15) is 30.5 Å². The van der Waals surface area contributed by atoms with E-state index in [0.717, 1.165) is 11.1 Å². The fraction of sp³-hybridized carbons (Fsp3) is 0.200. The van der Waals surface area contributed by atoms with Crippen molar-refractivity contribution in [1.29, 1.82) is 0 Å². The number of allylic oxidation sites excluding steroid dienone is 2. The summed E-state index contributed by atoms with van der Waals surface area (Å²) in [4.78, 5) is 0. The molecule has 0 aromatic heterocycles. The van der Waals surface area contributed by atoms with Crippen molar-refractivity contribution in [2.45, 2.75) is 20.3 Å². The van der Waals surface area contributed by atoms with Crippen LogP contribution < -0.4 is 4.74 Å². The molecule has 2 rings (SSSR count). The van der Waals surface area contributed by atoms with Crippen LogP contribution in [-0.4, -0.2) is 22.4 Å². The predicted molar refractivity (Wildman–Crippen MR) is 96.5 cm³/mol. The molecular weight excluding hydrogens is 304 g/mol. The summed E-state index contributed by atoms with van der Waals surface area (Å²) in [5.41, 5.74) is 3.15. The topological polar surface area (TPSA) is 69.9 Å². The fourth-order valence-corrected chi connectivity index (χ4v) is 2.26. The third kappa shape index (κ3) is 4.32. The molecule has 24 heavy (non-hydrogen) atoms. The van der Waals surface area contributed by atoms with Crippen molar-refractivity contribution >= 4 is 12.2 Å². The van der Waals surface area contributed by atoms with Crippen LogP contribution in [0.15, 0.2) is 42.0 Å². The van der Waals surface area contributed by atoms with E-state index < -0.39 is 0 Å². The average molecular weight is 326 g/mol. The van der Waals surface area contributed by atoms with Crippen molar-refractivity contribution in [3.05, 3.63) is 58.7 Å². The molecule has 0 aliphatic carbocycles. The van der Waals surface area contributed by atoms with Gasteiger partial charge in [-0.1, -0.05) is 29.9 Å². The zero-order valence-corrected chi connectivity index (χ0v) is 14.1. The molecule has 0 fully saturated rings. The Morgan fingerprint density at radius 1 is 0.917 bits per heavy atom. The van der Waals surface area contributed by atoms with E-state index in [-0.39, 0.29) is 17.2 Å². The Morgan fingerprint density at radius 2 is 1.54 bits per heavy atom. The summed E-state index contributed by atoms with van der Waals surface area (Å²) in [5, 5.41) is 29.8. The first-order valence-corrected chi connectivity index (χ1v) is 7.64. The summed E-state index contributed by atoms with van der Waals surface area (Å²) in [6.45, 7) is 3.94. The van der Waals surface area contributed by atoms with Crippen LogP contribution in [-0.2, 0) is 6.42 Å². The van der Waals surface area contributed by atoms with Gasteiger partial charge in [0.25, 0.3) is 0 Å². The van der Waals surface area contributed by atoms with Crippen molar-refractivity contribution in [2.75, 3.05) is 7.11 Å². The van der Waals surface area contributed by atoms with Crippen LogP contribution in [0.5, 0.6) is 23.0 Å². The largest absolute Gasteiger partial charge is 0.507 e. The monoisotopic (exact) mass is 326 g/mol. The second-order valence-corrected chi connectivity index (χ2v) is 5.79. The number of aromatic hydroxyl groups is 3. The average Bonchev–Trinajstić information content (AvgIpc) is 2.53. The van der Waals surface area contributed by atoms with Crippen molar-refractivity contribution in [1.82, 2.24) is 0 Å². The van der Waals surface area contributed by atoms with Gasteiger partial charge in [0.15, 0.2) is 11.5 Å². The highest BCUT2D eigenvalue weighted by Gasteiger charge is 2.08. The lowest BCUT2D eigenvalue weighted by atomic mass is 10.0. The summed E-state index contributed by atoms with van der Waals surface area (Å²) in [6, 6.07) is 8.23. The molecule has 0 heterocycles. The molecule has 126 valence electrons. The maximum atomic E-state index is 10.1. The summed E-state index contributed by atoms with van der Waals surface area (Å²) >= 11 is 0. The van der Waals surface area contributed by atoms with Gasteiger partial charge < -0.3 is 20.1 Å². The van der Waals surface area contributed by atoms with E-state index in [1.807, 2.05) is 26.0 Å². The van der Waals surface area contributed by atoms with Crippen molar-refractivity contribution in [3.8, 4) is 23.0 Å². The predicted octanol–water partition coefficient (Wildman–Crippen LogP) is 4.49. The first-order chi connectivity index (χ1) is 11.4. The fourth-order valence-electron chi connectivity index (χ4n) is 2.26. The number of methoxy groups -OCH3 is 1. The minimum absolute atomic E-state index is 0.0652. The summed E-state index contributed by atoms with van der Waals surface area (Å²) < 4.78 is 5.07. The summed E-state index contributed by atoms with van der Waals surface area (Å²) in [7, 11) is 1.49. The van der Waals surface area contributed by atoms with Crippen molar-refractivity contribution < 1.29 is 20.1 Å². The molecule has 0 aliphatic heterocycles. The third-order valence-corrected chi connectivity index (χ3v) is 3.61. The van der Waals surface area contributed by atoms with Crippen LogP contribution in [0.25, 0.3) is 12.2 Å². The van der Waals surface area contributed by atoms with Crippen LogP contribution in [0, 0.1) is 0 Å². The van der Waals surface area contributed by atoms with Gasteiger partial charge in [0.2, 0.25) is 0 Å². The van der Waals surface area contributed by atoms with E-state index in [2.05, 4.69) is 0 Å². The van der Waals surface area contributed by atoms with Crippen LogP contribution in [0.2, 0.25) is 0 Å². The highest BCUT2D eigenvalue weighted by Crippen LogP contribution is 2.31. The van der Waals surface area contributed by atoms with E-state index in [4.69, 9.17) is 4.74 Å². The van der Waals surface area contributed by atoms with Crippen molar-refractivity contribution in [3.63, 3.8) is 0 Å². The molecule has 0 amide bonds. The third-order valence-electron chi connectivity index (χ3n) is 3.61. The normalized spacial score (nSPS) is 10.8. The number of phenolic OH excluding ortho intramolecular Hbond substituents is 3. The Morgan fingerprint density at radius 3 is 2.12 bits per heavy atom. The Labute approximate surface area is 142 Å². The van der Waals surface area contributed by atoms with E-state index in [0.29, 0.717) is 23.3 Å². The minimum atomic E-state index is 0.0652. The van der Waals surface area contributed by atoms with Gasteiger partial charge >= 0.3 is 0 Å². The number of ether oxygens (including phenoxy) is 1. The molecule has 0 spiro atoms. The molecular formula is C20H22O4. The van der Waals surface area contributed by atoms with Gasteiger partial charge in [-0.25, -0.2) is 0 Å². The maximum absolute atomic E-state index is 10.1. The molecule has 0 radical (unpaired) electrons. The van der Waals surface area contributed by atoms with Gasteiger partial charge in [0.05, 0.1) is 7.11 Å². The second-order valence-electron chi connectivity index (χ2n) is 5.79. The first-order valence-electron chi connectivity index (χ1n) is 7.64. The van der Waals surface area contributed by atoms with Crippen LogP contribution >= 0.6 is 0 Å². The Balaban J connectivity index is 2.26. The van der Waals surface area contributed by atoms with E-state index in [1.54, 1.807) is 36.4 Å². The standard InChI is InChI=1S/C20H22O4/c1-13(2)4-8-16-18(22)10-15(11-19(16)23)6-5-14-7-9-17(21)20(12-14)24-3/h4-7,9-12,21-23H,8H2,1-3H3. The molecule has 0 bridgehead atoms. The molecule has 2 aromatic carbocycles. The van der Waals surface area contributed by atoms with Gasteiger partial charge in [-0.3, -0.25) is 0 Å². The Hall–Kier alpha value is -2.88. The van der Waals surface area contributed by atoms with Gasteiger partial charge in [0, 0.05) is 5.56 Å². The van der Waals surface area contributed by atoms with E-state index >= 15 is 0 Å². The molecule has 0 unspecified atom stereocenters. The molecule has 3 N–H and O–H groups in total. The van der Waals surface area contributed by atoms with Gasteiger partial charge in [-0.05, 0) is 55.7 Å². The Bertz CT molecular complexity index is 761. The van der Waals surface area contributed by atoms with E-state index in [1.165, 1.54) is 7.11 Å². The van der Waals surface area contributed by atoms with Gasteiger partial charge in [0.1, 0.15) is 11.5 Å². The molecule has 4 nitrogen and oxygen atoms in total. The lowest BCUT2D eigenvalue weighted by molar-refractivity contribution is 0.373. The smallest absolute Gasteiger partial charge is 0.161 e. The van der Waals surface area contributed by atoms with Gasteiger partial charge in [-0.2, -0.15) is 0 Å². The lowest BCUT2D eigenvalue weighted by Crippen LogP contribution is -1.87. The zero-order chi connectivity index (χ0) is 17.7. The SMILES string of the molecule is COc1cc(C=Cc2cc(O)c(CC=C(C)C)c(O)c2)ccc1O. The first kappa shape index (κ1) is 17.5. The number of phenols is 3. The lowest BCUT2D eigenvalue weighted by Gasteiger charge is -2.07. The number of benzene rings is 2. The molecule has 4 heteroatoms. The van der Waals surface area contributed by atoms with Crippen LogP contribution in [0.3, 0.4) is 0 Å². The van der Waals surface area contributed by atoms with E-state index in [9.17, 15) is 15.3 Å². The quantitative estimate of drug-likeness (QED) is 0.559. The highest BCUT2D eigenvalue weighted by atomic mass is 16.5. The highest BCUT2D eigenvalue weighted by molar-refractivity contribution is 5.72.